The molecule has 4 rings (SSSR count). The second kappa shape index (κ2) is 8.18. The van der Waals surface area contributed by atoms with Crippen LogP contribution < -0.4 is 32.8 Å². The molecular formula is C17H26ClN7O. The molecule has 9 heteroatoms. The molecule has 0 radical (unpaired) electrons. The van der Waals surface area contributed by atoms with E-state index in [-0.39, 0.29) is 18.1 Å². The van der Waals surface area contributed by atoms with Crippen LogP contribution in [0.1, 0.15) is 37.3 Å². The first-order valence-electron chi connectivity index (χ1n) is 9.25. The van der Waals surface area contributed by atoms with Gasteiger partial charge in [0.05, 0.1) is 12.6 Å². The number of carbonyl (C=O) groups is 1. The second-order valence-corrected chi connectivity index (χ2v) is 7.63. The Kier molecular flexibility index (Phi) is 5.70. The molecule has 3 aliphatic rings. The SMILES string of the molecule is O=C(CC1NNNN1)N1CCC(C2CC(c3ccccc3Cl)NN2)CC1. The van der Waals surface area contributed by atoms with Crippen LogP contribution in [0.25, 0.3) is 0 Å². The maximum absolute atomic E-state index is 12.4. The molecule has 1 amide bonds. The molecule has 8 nitrogen and oxygen atoms in total. The van der Waals surface area contributed by atoms with Crippen molar-refractivity contribution in [2.45, 2.75) is 43.9 Å². The molecule has 6 N–H and O–H groups in total. The highest BCUT2D eigenvalue weighted by Gasteiger charge is 2.34. The maximum atomic E-state index is 12.4. The fourth-order valence-corrected chi connectivity index (χ4v) is 4.36. The first-order chi connectivity index (χ1) is 12.7. The predicted molar refractivity (Wildman–Crippen MR) is 99.1 cm³/mol. The Morgan fingerprint density at radius 3 is 2.54 bits per heavy atom. The molecule has 0 aromatic heterocycles. The standard InChI is InChI=1S/C17H26ClN7O/c18-13-4-2-1-3-12(13)15-9-14(19-20-15)11-5-7-25(8-6-11)17(26)10-16-21-23-24-22-16/h1-4,11,14-16,19-24H,5-10H2. The molecule has 26 heavy (non-hydrogen) atoms. The van der Waals surface area contributed by atoms with E-state index in [0.29, 0.717) is 18.4 Å². The lowest BCUT2D eigenvalue weighted by atomic mass is 9.86. The largest absolute Gasteiger partial charge is 0.343 e. The van der Waals surface area contributed by atoms with Crippen molar-refractivity contribution in [2.24, 2.45) is 5.92 Å². The Morgan fingerprint density at radius 1 is 1.08 bits per heavy atom. The summed E-state index contributed by atoms with van der Waals surface area (Å²) in [5.41, 5.74) is 19.4. The van der Waals surface area contributed by atoms with Crippen LogP contribution in [0.5, 0.6) is 0 Å². The van der Waals surface area contributed by atoms with E-state index >= 15 is 0 Å². The summed E-state index contributed by atoms with van der Waals surface area (Å²) < 4.78 is 0. The van der Waals surface area contributed by atoms with Crippen LogP contribution in [0.15, 0.2) is 24.3 Å². The van der Waals surface area contributed by atoms with Gasteiger partial charge in [-0.05, 0) is 36.8 Å². The molecule has 0 spiro atoms. The second-order valence-electron chi connectivity index (χ2n) is 7.22. The topological polar surface area (TPSA) is 92.5 Å². The van der Waals surface area contributed by atoms with Gasteiger partial charge in [-0.3, -0.25) is 10.2 Å². The zero-order valence-electron chi connectivity index (χ0n) is 14.6. The van der Waals surface area contributed by atoms with Gasteiger partial charge in [0, 0.05) is 30.2 Å². The monoisotopic (exact) mass is 379 g/mol. The van der Waals surface area contributed by atoms with Gasteiger partial charge in [0.15, 0.2) is 0 Å². The molecule has 2 unspecified atom stereocenters. The van der Waals surface area contributed by atoms with Crippen LogP contribution in [0, 0.1) is 5.92 Å². The number of amides is 1. The Hall–Kier alpha value is -1.26. The molecule has 0 saturated carbocycles. The summed E-state index contributed by atoms with van der Waals surface area (Å²) in [7, 11) is 0. The fraction of sp³-hybridized carbons (Fsp3) is 0.588. The number of hydrogen-bond acceptors (Lipinski definition) is 7. The Bertz CT molecular complexity index is 631. The van der Waals surface area contributed by atoms with Crippen LogP contribution in [-0.2, 0) is 4.79 Å². The Morgan fingerprint density at radius 2 is 1.81 bits per heavy atom. The number of likely N-dealkylation sites (tertiary alicyclic amines) is 1. The third-order valence-corrected chi connectivity index (χ3v) is 5.95. The number of hydrazine groups is 4. The normalized spacial score (nSPS) is 28.0. The van der Waals surface area contributed by atoms with Crippen molar-refractivity contribution >= 4 is 17.5 Å². The van der Waals surface area contributed by atoms with Gasteiger partial charge < -0.3 is 4.90 Å². The van der Waals surface area contributed by atoms with Crippen LogP contribution in [-0.4, -0.2) is 36.1 Å². The van der Waals surface area contributed by atoms with Crippen molar-refractivity contribution in [3.05, 3.63) is 34.9 Å². The van der Waals surface area contributed by atoms with E-state index < -0.39 is 0 Å². The third kappa shape index (κ3) is 4.01. The van der Waals surface area contributed by atoms with E-state index in [1.165, 1.54) is 0 Å². The molecule has 0 aliphatic carbocycles. The quantitative estimate of drug-likeness (QED) is 0.449. The lowest BCUT2D eigenvalue weighted by molar-refractivity contribution is -0.133. The minimum absolute atomic E-state index is 0.0719. The summed E-state index contributed by atoms with van der Waals surface area (Å²) in [6.45, 7) is 1.65. The first kappa shape index (κ1) is 18.1. The zero-order chi connectivity index (χ0) is 17.9. The molecule has 3 heterocycles. The van der Waals surface area contributed by atoms with Gasteiger partial charge in [-0.15, -0.1) is 0 Å². The summed E-state index contributed by atoms with van der Waals surface area (Å²) in [4.78, 5) is 14.4. The molecule has 142 valence electrons. The van der Waals surface area contributed by atoms with Gasteiger partial charge in [0.25, 0.3) is 0 Å². The van der Waals surface area contributed by atoms with Crippen molar-refractivity contribution in [3.63, 3.8) is 0 Å². The van der Waals surface area contributed by atoms with Gasteiger partial charge in [0.1, 0.15) is 0 Å². The van der Waals surface area contributed by atoms with E-state index in [2.05, 4.69) is 38.8 Å². The number of rotatable bonds is 4. The summed E-state index contributed by atoms with van der Waals surface area (Å²) >= 11 is 6.33. The van der Waals surface area contributed by atoms with Crippen LogP contribution in [0.4, 0.5) is 0 Å². The highest BCUT2D eigenvalue weighted by molar-refractivity contribution is 6.31. The predicted octanol–water partition coefficient (Wildman–Crippen LogP) is 0.319. The highest BCUT2D eigenvalue weighted by atomic mass is 35.5. The lowest BCUT2D eigenvalue weighted by Crippen LogP contribution is -2.47. The highest BCUT2D eigenvalue weighted by Crippen LogP contribution is 2.33. The van der Waals surface area contributed by atoms with Crippen molar-refractivity contribution in [1.82, 2.24) is 37.7 Å². The average Bonchev–Trinajstić information content (AvgIpc) is 3.34. The van der Waals surface area contributed by atoms with Gasteiger partial charge in [-0.1, -0.05) is 29.8 Å². The Labute approximate surface area is 158 Å². The number of piperidine rings is 1. The Balaban J connectivity index is 1.26. The zero-order valence-corrected chi connectivity index (χ0v) is 15.4. The smallest absolute Gasteiger partial charge is 0.225 e. The maximum Gasteiger partial charge on any atom is 0.225 e. The van der Waals surface area contributed by atoms with E-state index in [0.717, 1.165) is 42.9 Å². The van der Waals surface area contributed by atoms with Crippen LogP contribution >= 0.6 is 11.6 Å². The summed E-state index contributed by atoms with van der Waals surface area (Å²) in [5, 5.41) is 0.811. The number of benzene rings is 1. The van der Waals surface area contributed by atoms with Crippen LogP contribution in [0.3, 0.4) is 0 Å². The molecule has 1 aromatic rings. The minimum atomic E-state index is -0.0719. The summed E-state index contributed by atoms with van der Waals surface area (Å²) in [6, 6.07) is 8.67. The van der Waals surface area contributed by atoms with E-state index in [1.807, 2.05) is 23.1 Å². The number of halogens is 1. The number of nitrogens with zero attached hydrogens (tertiary/aromatic N) is 1. The van der Waals surface area contributed by atoms with E-state index in [1.54, 1.807) is 0 Å². The number of carbonyl (C=O) groups excluding carboxylic acids is 1. The fourth-order valence-electron chi connectivity index (χ4n) is 4.09. The summed E-state index contributed by atoms with van der Waals surface area (Å²) in [6.07, 6.45) is 3.44. The van der Waals surface area contributed by atoms with Gasteiger partial charge in [0.2, 0.25) is 5.91 Å². The van der Waals surface area contributed by atoms with Crippen molar-refractivity contribution < 1.29 is 4.79 Å². The number of nitrogens with one attached hydrogen (secondary N) is 6. The van der Waals surface area contributed by atoms with E-state index in [9.17, 15) is 4.79 Å². The average molecular weight is 380 g/mol. The molecule has 3 fully saturated rings. The first-order valence-corrected chi connectivity index (χ1v) is 9.63. The molecule has 3 saturated heterocycles. The molecular weight excluding hydrogens is 354 g/mol. The van der Waals surface area contributed by atoms with Crippen molar-refractivity contribution in [1.29, 1.82) is 0 Å². The minimum Gasteiger partial charge on any atom is -0.343 e. The third-order valence-electron chi connectivity index (χ3n) is 5.61. The van der Waals surface area contributed by atoms with Gasteiger partial charge in [-0.2, -0.15) is 11.1 Å². The molecule has 1 aromatic carbocycles. The summed E-state index contributed by atoms with van der Waals surface area (Å²) in [5.74, 6) is 0.760. The van der Waals surface area contributed by atoms with Crippen LogP contribution in [0.2, 0.25) is 5.02 Å². The molecule has 3 aliphatic heterocycles. The van der Waals surface area contributed by atoms with Crippen molar-refractivity contribution in [3.8, 4) is 0 Å². The van der Waals surface area contributed by atoms with Gasteiger partial charge in [-0.25, -0.2) is 16.3 Å². The number of hydrogen-bond donors (Lipinski definition) is 6. The van der Waals surface area contributed by atoms with Gasteiger partial charge >= 0.3 is 0 Å². The molecule has 0 bridgehead atoms. The van der Waals surface area contributed by atoms with Crippen molar-refractivity contribution in [2.75, 3.05) is 13.1 Å². The molecule has 2 atom stereocenters. The lowest BCUT2D eigenvalue weighted by Gasteiger charge is -2.35. The van der Waals surface area contributed by atoms with E-state index in [4.69, 9.17) is 11.6 Å².